The van der Waals surface area contributed by atoms with Crippen LogP contribution in [0.3, 0.4) is 0 Å². The van der Waals surface area contributed by atoms with Gasteiger partial charge < -0.3 is 0 Å². The predicted octanol–water partition coefficient (Wildman–Crippen LogP) is 4.27. The van der Waals surface area contributed by atoms with E-state index in [4.69, 9.17) is 4.98 Å². The largest absolute Gasteiger partial charge is 0.285 e. The first kappa shape index (κ1) is 16.9. The molecule has 0 N–H and O–H groups in total. The average Bonchev–Trinajstić information content (AvgIpc) is 3.33. The molecular formula is C21H19N3OS2. The third-order valence-corrected chi connectivity index (χ3v) is 7.10. The van der Waals surface area contributed by atoms with E-state index in [9.17, 15) is 4.79 Å². The van der Waals surface area contributed by atoms with Gasteiger partial charge in [-0.2, -0.15) is 0 Å². The Hall–Kier alpha value is -2.28. The van der Waals surface area contributed by atoms with E-state index in [1.165, 1.54) is 15.3 Å². The first-order valence-electron chi connectivity index (χ1n) is 9.03. The SMILES string of the molecule is Cc1cccc2nc(CN3CCc4sccc4C3c3cccs3)cc(=O)n12. The molecule has 0 amide bonds. The van der Waals surface area contributed by atoms with E-state index in [2.05, 4.69) is 33.9 Å². The zero-order chi connectivity index (χ0) is 18.4. The van der Waals surface area contributed by atoms with Crippen molar-refractivity contribution in [1.82, 2.24) is 14.3 Å². The van der Waals surface area contributed by atoms with Crippen LogP contribution in [-0.4, -0.2) is 20.8 Å². The van der Waals surface area contributed by atoms with E-state index >= 15 is 0 Å². The molecule has 1 atom stereocenters. The summed E-state index contributed by atoms with van der Waals surface area (Å²) >= 11 is 3.64. The maximum Gasteiger partial charge on any atom is 0.258 e. The Labute approximate surface area is 165 Å². The van der Waals surface area contributed by atoms with E-state index in [0.717, 1.165) is 30.0 Å². The van der Waals surface area contributed by atoms with Gasteiger partial charge in [-0.1, -0.05) is 12.1 Å². The molecule has 1 unspecified atom stereocenters. The number of hydrogen-bond acceptors (Lipinski definition) is 5. The Morgan fingerprint density at radius 3 is 2.93 bits per heavy atom. The first-order valence-corrected chi connectivity index (χ1v) is 10.8. The highest BCUT2D eigenvalue weighted by Gasteiger charge is 2.30. The summed E-state index contributed by atoms with van der Waals surface area (Å²) in [5, 5.41) is 4.33. The lowest BCUT2D eigenvalue weighted by atomic mass is 9.98. The summed E-state index contributed by atoms with van der Waals surface area (Å²) in [6.45, 7) is 3.59. The highest BCUT2D eigenvalue weighted by molar-refractivity contribution is 7.10. The maximum atomic E-state index is 12.6. The number of fused-ring (bicyclic) bond motifs is 2. The van der Waals surface area contributed by atoms with Crippen molar-refractivity contribution in [3.8, 4) is 0 Å². The van der Waals surface area contributed by atoms with Gasteiger partial charge in [0.15, 0.2) is 0 Å². The maximum absolute atomic E-state index is 12.6. The zero-order valence-electron chi connectivity index (χ0n) is 15.0. The molecule has 0 saturated carbocycles. The first-order chi connectivity index (χ1) is 13.2. The van der Waals surface area contributed by atoms with Crippen LogP contribution in [0.4, 0.5) is 0 Å². The Bertz CT molecular complexity index is 1160. The van der Waals surface area contributed by atoms with Crippen molar-refractivity contribution in [1.29, 1.82) is 0 Å². The van der Waals surface area contributed by atoms with Crippen LogP contribution in [0, 0.1) is 6.92 Å². The second-order valence-corrected chi connectivity index (χ2v) is 8.86. The second-order valence-electron chi connectivity index (χ2n) is 6.88. The molecule has 0 saturated heterocycles. The van der Waals surface area contributed by atoms with Crippen LogP contribution in [0.25, 0.3) is 5.65 Å². The molecule has 0 fully saturated rings. The van der Waals surface area contributed by atoms with Gasteiger partial charge in [0.1, 0.15) is 5.65 Å². The van der Waals surface area contributed by atoms with Crippen LogP contribution in [0.15, 0.2) is 58.0 Å². The molecule has 6 heteroatoms. The lowest BCUT2D eigenvalue weighted by molar-refractivity contribution is 0.206. The van der Waals surface area contributed by atoms with Crippen LogP contribution in [0.5, 0.6) is 0 Å². The van der Waals surface area contributed by atoms with E-state index in [1.54, 1.807) is 21.8 Å². The molecule has 1 aliphatic heterocycles. The summed E-state index contributed by atoms with van der Waals surface area (Å²) in [4.78, 5) is 22.7. The number of aryl methyl sites for hydroxylation is 1. The summed E-state index contributed by atoms with van der Waals surface area (Å²) < 4.78 is 1.67. The molecule has 1 aliphatic rings. The van der Waals surface area contributed by atoms with Crippen LogP contribution in [0.2, 0.25) is 0 Å². The summed E-state index contributed by atoms with van der Waals surface area (Å²) in [5.74, 6) is 0. The molecule has 4 aromatic heterocycles. The van der Waals surface area contributed by atoms with Crippen molar-refractivity contribution >= 4 is 28.3 Å². The summed E-state index contributed by atoms with van der Waals surface area (Å²) in [5.41, 5.74) is 3.87. The lowest BCUT2D eigenvalue weighted by Crippen LogP contribution is -2.35. The van der Waals surface area contributed by atoms with Gasteiger partial charge in [0, 0.05) is 34.6 Å². The topological polar surface area (TPSA) is 37.6 Å². The molecule has 0 spiro atoms. The van der Waals surface area contributed by atoms with Gasteiger partial charge in [-0.3, -0.25) is 14.1 Å². The monoisotopic (exact) mass is 393 g/mol. The van der Waals surface area contributed by atoms with Gasteiger partial charge >= 0.3 is 0 Å². The highest BCUT2D eigenvalue weighted by Crippen LogP contribution is 2.39. The van der Waals surface area contributed by atoms with Gasteiger partial charge in [-0.05, 0) is 53.9 Å². The smallest absolute Gasteiger partial charge is 0.258 e. The van der Waals surface area contributed by atoms with Crippen LogP contribution in [-0.2, 0) is 13.0 Å². The van der Waals surface area contributed by atoms with E-state index in [0.29, 0.717) is 6.54 Å². The van der Waals surface area contributed by atoms with Crippen molar-refractivity contribution in [3.63, 3.8) is 0 Å². The van der Waals surface area contributed by atoms with Crippen molar-refractivity contribution in [2.24, 2.45) is 0 Å². The molecule has 136 valence electrons. The van der Waals surface area contributed by atoms with Crippen molar-refractivity contribution in [3.05, 3.63) is 90.3 Å². The molecule has 0 bridgehead atoms. The number of aromatic nitrogens is 2. The van der Waals surface area contributed by atoms with Gasteiger partial charge in [0.25, 0.3) is 5.56 Å². The number of hydrogen-bond donors (Lipinski definition) is 0. The molecule has 0 radical (unpaired) electrons. The summed E-state index contributed by atoms with van der Waals surface area (Å²) in [7, 11) is 0. The molecule has 5 heterocycles. The highest BCUT2D eigenvalue weighted by atomic mass is 32.1. The number of nitrogens with zero attached hydrogens (tertiary/aromatic N) is 3. The lowest BCUT2D eigenvalue weighted by Gasteiger charge is -2.35. The molecule has 4 nitrogen and oxygen atoms in total. The number of rotatable bonds is 3. The van der Waals surface area contributed by atoms with Crippen LogP contribution >= 0.6 is 22.7 Å². The fourth-order valence-corrected chi connectivity index (χ4v) is 5.75. The van der Waals surface area contributed by atoms with Gasteiger partial charge in [-0.15, -0.1) is 22.7 Å². The average molecular weight is 394 g/mol. The minimum atomic E-state index is -0.00555. The fraction of sp³-hybridized carbons (Fsp3) is 0.238. The number of pyridine rings is 1. The molecule has 4 aromatic rings. The standard InChI is InChI=1S/C21H19N3OS2/c1-14-4-2-6-19-22-15(12-20(25)24(14)19)13-23-9-7-17-16(8-11-27-17)21(23)18-5-3-10-26-18/h2-6,8,10-12,21H,7,9,13H2,1H3. The Morgan fingerprint density at radius 1 is 1.15 bits per heavy atom. The predicted molar refractivity (Wildman–Crippen MR) is 111 cm³/mol. The normalized spacial score (nSPS) is 17.3. The Kier molecular flexibility index (Phi) is 4.19. The molecule has 0 aromatic carbocycles. The van der Waals surface area contributed by atoms with Gasteiger partial charge in [0.05, 0.1) is 11.7 Å². The zero-order valence-corrected chi connectivity index (χ0v) is 16.6. The van der Waals surface area contributed by atoms with Crippen LogP contribution in [0.1, 0.15) is 32.7 Å². The van der Waals surface area contributed by atoms with E-state index in [-0.39, 0.29) is 11.6 Å². The second kappa shape index (κ2) is 6.71. The summed E-state index contributed by atoms with van der Waals surface area (Å²) in [6.07, 6.45) is 1.06. The molecular weight excluding hydrogens is 374 g/mol. The summed E-state index contributed by atoms with van der Waals surface area (Å²) in [6, 6.07) is 14.3. The van der Waals surface area contributed by atoms with Crippen LogP contribution < -0.4 is 5.56 Å². The van der Waals surface area contributed by atoms with E-state index < -0.39 is 0 Å². The third-order valence-electron chi connectivity index (χ3n) is 5.18. The van der Waals surface area contributed by atoms with E-state index in [1.807, 2.05) is 36.5 Å². The van der Waals surface area contributed by atoms with Crippen molar-refractivity contribution in [2.45, 2.75) is 25.9 Å². The molecule has 5 rings (SSSR count). The minimum absolute atomic E-state index is 0.00555. The van der Waals surface area contributed by atoms with Crippen molar-refractivity contribution in [2.75, 3.05) is 6.54 Å². The number of thiophene rings is 2. The minimum Gasteiger partial charge on any atom is -0.285 e. The fourth-order valence-electron chi connectivity index (χ4n) is 3.97. The molecule has 0 aliphatic carbocycles. The van der Waals surface area contributed by atoms with Gasteiger partial charge in [-0.25, -0.2) is 4.98 Å². The van der Waals surface area contributed by atoms with Gasteiger partial charge in [0.2, 0.25) is 0 Å². The molecule has 27 heavy (non-hydrogen) atoms. The Morgan fingerprint density at radius 2 is 2.07 bits per heavy atom. The van der Waals surface area contributed by atoms with Crippen molar-refractivity contribution < 1.29 is 0 Å². The quantitative estimate of drug-likeness (QED) is 0.522. The Balaban J connectivity index is 1.55. The third kappa shape index (κ3) is 2.94.